The number of benzene rings is 1. The molecule has 3 N–H and O–H groups in total. The van der Waals surface area contributed by atoms with Crippen LogP contribution in [0.25, 0.3) is 0 Å². The number of carbonyl (C=O) groups excluding carboxylic acids is 1. The normalized spacial score (nSPS) is 13.6. The Hall–Kier alpha value is -1.88. The van der Waals surface area contributed by atoms with E-state index in [4.69, 9.17) is 10.8 Å². The number of hydrogen-bond acceptors (Lipinski definition) is 3. The first-order valence-electron chi connectivity index (χ1n) is 6.77. The van der Waals surface area contributed by atoms with Gasteiger partial charge in [0.05, 0.1) is 12.5 Å². The van der Waals surface area contributed by atoms with Gasteiger partial charge in [0.25, 0.3) is 0 Å². The van der Waals surface area contributed by atoms with Gasteiger partial charge in [0, 0.05) is 12.6 Å². The molecule has 0 saturated heterocycles. The number of rotatable bonds is 7. The Balaban J connectivity index is 2.68. The fraction of sp³-hybridized carbons (Fsp3) is 0.467. The first kappa shape index (κ1) is 16.2. The predicted molar refractivity (Wildman–Crippen MR) is 77.2 cm³/mol. The van der Waals surface area contributed by atoms with Gasteiger partial charge in [-0.3, -0.25) is 9.59 Å². The minimum atomic E-state index is -0.916. The van der Waals surface area contributed by atoms with Crippen LogP contribution in [0.2, 0.25) is 0 Å². The van der Waals surface area contributed by atoms with E-state index in [-0.39, 0.29) is 18.4 Å². The van der Waals surface area contributed by atoms with E-state index in [0.717, 1.165) is 5.56 Å². The summed E-state index contributed by atoms with van der Waals surface area (Å²) in [6, 6.07) is 8.55. The van der Waals surface area contributed by atoms with Crippen molar-refractivity contribution in [3.8, 4) is 0 Å². The molecule has 2 atom stereocenters. The Bertz CT molecular complexity index is 448. The quantitative estimate of drug-likeness (QED) is 0.786. The van der Waals surface area contributed by atoms with Gasteiger partial charge in [-0.15, -0.1) is 0 Å². The fourth-order valence-corrected chi connectivity index (χ4v) is 2.22. The van der Waals surface area contributed by atoms with Crippen LogP contribution in [0, 0.1) is 0 Å². The van der Waals surface area contributed by atoms with Crippen molar-refractivity contribution in [3.63, 3.8) is 0 Å². The number of aliphatic carboxylic acids is 1. The van der Waals surface area contributed by atoms with Gasteiger partial charge in [0.1, 0.15) is 0 Å². The molecule has 1 amide bonds. The number of amides is 1. The highest BCUT2D eigenvalue weighted by atomic mass is 16.4. The molecule has 0 saturated carbocycles. The maximum atomic E-state index is 12.3. The average molecular weight is 278 g/mol. The van der Waals surface area contributed by atoms with Crippen LogP contribution in [0.4, 0.5) is 0 Å². The number of nitrogens with two attached hydrogens (primary N) is 1. The summed E-state index contributed by atoms with van der Waals surface area (Å²) in [7, 11) is 0. The molecule has 1 aromatic carbocycles. The topological polar surface area (TPSA) is 83.6 Å². The molecule has 2 unspecified atom stereocenters. The lowest BCUT2D eigenvalue weighted by molar-refractivity contribution is -0.140. The van der Waals surface area contributed by atoms with Crippen LogP contribution < -0.4 is 5.73 Å². The van der Waals surface area contributed by atoms with Crippen molar-refractivity contribution in [1.29, 1.82) is 0 Å². The number of carboxylic acid groups (broad SMARTS) is 1. The maximum absolute atomic E-state index is 12.3. The summed E-state index contributed by atoms with van der Waals surface area (Å²) in [5.41, 5.74) is 6.95. The first-order valence-corrected chi connectivity index (χ1v) is 6.77. The van der Waals surface area contributed by atoms with Crippen LogP contribution in [0.3, 0.4) is 0 Å². The number of carboxylic acids is 1. The van der Waals surface area contributed by atoms with Gasteiger partial charge in [0.15, 0.2) is 0 Å². The van der Waals surface area contributed by atoms with Crippen molar-refractivity contribution in [3.05, 3.63) is 35.9 Å². The smallest absolute Gasteiger partial charge is 0.305 e. The molecule has 20 heavy (non-hydrogen) atoms. The lowest BCUT2D eigenvalue weighted by Crippen LogP contribution is -2.49. The van der Waals surface area contributed by atoms with Gasteiger partial charge in [-0.05, 0) is 25.8 Å². The van der Waals surface area contributed by atoms with Crippen LogP contribution in [0.1, 0.15) is 25.8 Å². The van der Waals surface area contributed by atoms with E-state index in [0.29, 0.717) is 13.0 Å². The fourth-order valence-electron chi connectivity index (χ4n) is 2.22. The molecule has 0 heterocycles. The molecule has 110 valence electrons. The SMILES string of the molecule is CCN(C(=O)C(N)Cc1ccccc1)C(C)CC(=O)O. The molecule has 0 spiro atoms. The van der Waals surface area contributed by atoms with Crippen LogP contribution in [-0.2, 0) is 16.0 Å². The number of nitrogens with zero attached hydrogens (tertiary/aromatic N) is 1. The van der Waals surface area contributed by atoms with Gasteiger partial charge in [-0.1, -0.05) is 30.3 Å². The zero-order valence-corrected chi connectivity index (χ0v) is 12.0. The van der Waals surface area contributed by atoms with Crippen LogP contribution >= 0.6 is 0 Å². The minimum Gasteiger partial charge on any atom is -0.481 e. The summed E-state index contributed by atoms with van der Waals surface area (Å²) in [6.45, 7) is 4.01. The Morgan fingerprint density at radius 1 is 1.30 bits per heavy atom. The summed E-state index contributed by atoms with van der Waals surface area (Å²) >= 11 is 0. The minimum absolute atomic E-state index is 0.0718. The summed E-state index contributed by atoms with van der Waals surface area (Å²) < 4.78 is 0. The monoisotopic (exact) mass is 278 g/mol. The van der Waals surface area contributed by atoms with Crippen LogP contribution in [-0.4, -0.2) is 40.5 Å². The van der Waals surface area contributed by atoms with Crippen molar-refractivity contribution in [1.82, 2.24) is 4.90 Å². The summed E-state index contributed by atoms with van der Waals surface area (Å²) in [6.07, 6.45) is 0.383. The third kappa shape index (κ3) is 4.66. The van der Waals surface area contributed by atoms with Gasteiger partial charge in [-0.2, -0.15) is 0 Å². The van der Waals surface area contributed by atoms with E-state index in [1.165, 1.54) is 4.90 Å². The van der Waals surface area contributed by atoms with Crippen molar-refractivity contribution >= 4 is 11.9 Å². The molecule has 0 radical (unpaired) electrons. The molecule has 0 bridgehead atoms. The number of likely N-dealkylation sites (N-methyl/N-ethyl adjacent to an activating group) is 1. The summed E-state index contributed by atoms with van der Waals surface area (Å²) in [5.74, 6) is -1.12. The lowest BCUT2D eigenvalue weighted by Gasteiger charge is -2.29. The Morgan fingerprint density at radius 2 is 1.90 bits per heavy atom. The molecular formula is C15H22N2O3. The molecular weight excluding hydrogens is 256 g/mol. The summed E-state index contributed by atoms with van der Waals surface area (Å²) in [5, 5.41) is 8.81. The average Bonchev–Trinajstić information content (AvgIpc) is 2.39. The predicted octanol–water partition coefficient (Wildman–Crippen LogP) is 1.27. The van der Waals surface area contributed by atoms with Gasteiger partial charge in [-0.25, -0.2) is 0 Å². The van der Waals surface area contributed by atoms with E-state index in [2.05, 4.69) is 0 Å². The molecule has 1 rings (SSSR count). The van der Waals surface area contributed by atoms with E-state index in [9.17, 15) is 9.59 Å². The Morgan fingerprint density at radius 3 is 2.40 bits per heavy atom. The zero-order chi connectivity index (χ0) is 15.1. The van der Waals surface area contributed by atoms with Gasteiger partial charge >= 0.3 is 5.97 Å². The summed E-state index contributed by atoms with van der Waals surface area (Å²) in [4.78, 5) is 24.6. The molecule has 0 aromatic heterocycles. The van der Waals surface area contributed by atoms with Crippen LogP contribution in [0.15, 0.2) is 30.3 Å². The number of hydrogen-bond donors (Lipinski definition) is 2. The second-order valence-corrected chi connectivity index (χ2v) is 4.87. The zero-order valence-electron chi connectivity index (χ0n) is 12.0. The van der Waals surface area contributed by atoms with Crippen LogP contribution in [0.5, 0.6) is 0 Å². The Labute approximate surface area is 119 Å². The molecule has 0 fully saturated rings. The second-order valence-electron chi connectivity index (χ2n) is 4.87. The Kier molecular flexibility index (Phi) is 6.18. The molecule has 1 aromatic rings. The highest BCUT2D eigenvalue weighted by Crippen LogP contribution is 2.09. The third-order valence-electron chi connectivity index (χ3n) is 3.24. The van der Waals surface area contributed by atoms with Crippen molar-refractivity contribution < 1.29 is 14.7 Å². The van der Waals surface area contributed by atoms with Gasteiger partial charge in [0.2, 0.25) is 5.91 Å². The lowest BCUT2D eigenvalue weighted by atomic mass is 10.0. The van der Waals surface area contributed by atoms with Gasteiger partial charge < -0.3 is 15.7 Å². The largest absolute Gasteiger partial charge is 0.481 e. The second kappa shape index (κ2) is 7.65. The highest BCUT2D eigenvalue weighted by molar-refractivity contribution is 5.82. The number of carbonyl (C=O) groups is 2. The van der Waals surface area contributed by atoms with E-state index < -0.39 is 12.0 Å². The third-order valence-corrected chi connectivity index (χ3v) is 3.24. The van der Waals surface area contributed by atoms with E-state index in [1.54, 1.807) is 6.92 Å². The first-order chi connectivity index (χ1) is 9.45. The van der Waals surface area contributed by atoms with Crippen molar-refractivity contribution in [2.24, 2.45) is 5.73 Å². The molecule has 0 aliphatic heterocycles. The molecule has 0 aliphatic rings. The standard InChI is InChI=1S/C15H22N2O3/c1-3-17(11(2)9-14(18)19)15(20)13(16)10-12-7-5-4-6-8-12/h4-8,11,13H,3,9-10,16H2,1-2H3,(H,18,19). The molecule has 5 nitrogen and oxygen atoms in total. The molecule has 5 heteroatoms. The highest BCUT2D eigenvalue weighted by Gasteiger charge is 2.25. The van der Waals surface area contributed by atoms with Crippen molar-refractivity contribution in [2.75, 3.05) is 6.54 Å². The maximum Gasteiger partial charge on any atom is 0.305 e. The van der Waals surface area contributed by atoms with E-state index in [1.807, 2.05) is 37.3 Å². The van der Waals surface area contributed by atoms with Crippen molar-refractivity contribution in [2.45, 2.75) is 38.8 Å². The molecule has 0 aliphatic carbocycles. The van der Waals surface area contributed by atoms with E-state index >= 15 is 0 Å².